The van der Waals surface area contributed by atoms with Gasteiger partial charge in [0.15, 0.2) is 0 Å². The second-order valence-electron chi connectivity index (χ2n) is 6.07. The minimum absolute atomic E-state index is 0.0761. The minimum atomic E-state index is 0.0761. The Bertz CT molecular complexity index is 482. The smallest absolute Gasteiger partial charge is 0.238 e. The standard InChI is InChI=1S/C17H25BrN2O/c1-13-11-14(18)9-10-16(13)19-17(21)12-20(2)15-7-5-3-4-6-8-15/h9-11,15H,3-8,12H2,1-2H3,(H,19,21). The fraction of sp³-hybridized carbons (Fsp3) is 0.588. The van der Waals surface area contributed by atoms with Gasteiger partial charge in [-0.1, -0.05) is 41.6 Å². The summed E-state index contributed by atoms with van der Waals surface area (Å²) >= 11 is 3.44. The number of anilines is 1. The molecule has 116 valence electrons. The maximum Gasteiger partial charge on any atom is 0.238 e. The van der Waals surface area contributed by atoms with Crippen LogP contribution >= 0.6 is 15.9 Å². The first-order valence-electron chi connectivity index (χ1n) is 7.82. The van der Waals surface area contributed by atoms with E-state index in [-0.39, 0.29) is 5.91 Å². The number of nitrogens with one attached hydrogen (secondary N) is 1. The molecule has 0 spiro atoms. The number of carbonyl (C=O) groups excluding carboxylic acids is 1. The quantitative estimate of drug-likeness (QED) is 0.816. The van der Waals surface area contributed by atoms with Gasteiger partial charge < -0.3 is 5.32 Å². The third-order valence-corrected chi connectivity index (χ3v) is 4.80. The van der Waals surface area contributed by atoms with Gasteiger partial charge >= 0.3 is 0 Å². The van der Waals surface area contributed by atoms with Crippen molar-refractivity contribution in [3.8, 4) is 0 Å². The van der Waals surface area contributed by atoms with Gasteiger partial charge in [-0.3, -0.25) is 9.69 Å². The Morgan fingerprint density at radius 2 is 1.95 bits per heavy atom. The number of benzene rings is 1. The van der Waals surface area contributed by atoms with E-state index in [1.54, 1.807) is 0 Å². The Morgan fingerprint density at radius 1 is 1.29 bits per heavy atom. The summed E-state index contributed by atoms with van der Waals surface area (Å²) in [5.41, 5.74) is 1.98. The van der Waals surface area contributed by atoms with Crippen LogP contribution in [0.5, 0.6) is 0 Å². The van der Waals surface area contributed by atoms with Gasteiger partial charge in [-0.2, -0.15) is 0 Å². The molecular weight excluding hydrogens is 328 g/mol. The van der Waals surface area contributed by atoms with Crippen molar-refractivity contribution in [2.75, 3.05) is 18.9 Å². The molecule has 0 aliphatic heterocycles. The highest BCUT2D eigenvalue weighted by molar-refractivity contribution is 9.10. The molecule has 0 heterocycles. The van der Waals surface area contributed by atoms with Crippen molar-refractivity contribution in [3.63, 3.8) is 0 Å². The van der Waals surface area contributed by atoms with E-state index in [4.69, 9.17) is 0 Å². The fourth-order valence-electron chi connectivity index (χ4n) is 3.01. The zero-order valence-corrected chi connectivity index (χ0v) is 14.6. The van der Waals surface area contributed by atoms with Gasteiger partial charge in [-0.15, -0.1) is 0 Å². The van der Waals surface area contributed by atoms with E-state index in [9.17, 15) is 4.79 Å². The number of hydrogen-bond acceptors (Lipinski definition) is 2. The van der Waals surface area contributed by atoms with E-state index >= 15 is 0 Å². The van der Waals surface area contributed by atoms with Crippen molar-refractivity contribution in [1.82, 2.24) is 4.90 Å². The van der Waals surface area contributed by atoms with Crippen molar-refractivity contribution in [2.45, 2.75) is 51.5 Å². The molecule has 0 saturated heterocycles. The Kier molecular flexibility index (Phi) is 6.24. The Morgan fingerprint density at radius 3 is 2.57 bits per heavy atom. The maximum atomic E-state index is 12.2. The summed E-state index contributed by atoms with van der Waals surface area (Å²) in [5, 5.41) is 3.02. The SMILES string of the molecule is Cc1cc(Br)ccc1NC(=O)CN(C)C1CCCCCC1. The highest BCUT2D eigenvalue weighted by atomic mass is 79.9. The maximum absolute atomic E-state index is 12.2. The van der Waals surface area contributed by atoms with E-state index in [1.165, 1.54) is 38.5 Å². The van der Waals surface area contributed by atoms with Crippen LogP contribution in [-0.4, -0.2) is 30.4 Å². The van der Waals surface area contributed by atoms with E-state index in [1.807, 2.05) is 25.1 Å². The number of aryl methyl sites for hydroxylation is 1. The molecule has 0 bridgehead atoms. The summed E-state index contributed by atoms with van der Waals surface area (Å²) in [6.45, 7) is 2.48. The molecule has 1 aliphatic rings. The number of hydrogen-bond donors (Lipinski definition) is 1. The molecule has 0 atom stereocenters. The molecule has 1 aromatic rings. The summed E-state index contributed by atoms with van der Waals surface area (Å²) in [7, 11) is 2.07. The molecule has 1 N–H and O–H groups in total. The predicted octanol–water partition coefficient (Wildman–Crippen LogP) is 4.35. The highest BCUT2D eigenvalue weighted by Gasteiger charge is 2.19. The molecule has 4 heteroatoms. The van der Waals surface area contributed by atoms with Crippen LogP contribution in [0.15, 0.2) is 22.7 Å². The van der Waals surface area contributed by atoms with E-state index in [0.717, 1.165) is 15.7 Å². The van der Waals surface area contributed by atoms with Crippen LogP contribution in [0.2, 0.25) is 0 Å². The molecule has 0 radical (unpaired) electrons. The van der Waals surface area contributed by atoms with Crippen LogP contribution in [0.25, 0.3) is 0 Å². The normalized spacial score (nSPS) is 16.8. The van der Waals surface area contributed by atoms with E-state index in [0.29, 0.717) is 12.6 Å². The van der Waals surface area contributed by atoms with Crippen molar-refractivity contribution in [3.05, 3.63) is 28.2 Å². The lowest BCUT2D eigenvalue weighted by Crippen LogP contribution is -2.37. The molecule has 1 aliphatic carbocycles. The third kappa shape index (κ3) is 5.11. The van der Waals surface area contributed by atoms with Crippen LogP contribution in [0, 0.1) is 6.92 Å². The Labute approximate surface area is 136 Å². The molecule has 1 aromatic carbocycles. The number of likely N-dealkylation sites (N-methyl/N-ethyl adjacent to an activating group) is 1. The van der Waals surface area contributed by atoms with Crippen LogP contribution in [0.3, 0.4) is 0 Å². The predicted molar refractivity (Wildman–Crippen MR) is 91.6 cm³/mol. The molecule has 1 amide bonds. The zero-order chi connectivity index (χ0) is 15.2. The molecule has 2 rings (SSSR count). The lowest BCUT2D eigenvalue weighted by Gasteiger charge is -2.26. The summed E-state index contributed by atoms with van der Waals surface area (Å²) in [6, 6.07) is 6.48. The Hall–Kier alpha value is -0.870. The lowest BCUT2D eigenvalue weighted by atomic mass is 10.1. The van der Waals surface area contributed by atoms with Crippen LogP contribution in [0.4, 0.5) is 5.69 Å². The summed E-state index contributed by atoms with van der Waals surface area (Å²) in [4.78, 5) is 14.4. The monoisotopic (exact) mass is 352 g/mol. The third-order valence-electron chi connectivity index (χ3n) is 4.30. The minimum Gasteiger partial charge on any atom is -0.325 e. The van der Waals surface area contributed by atoms with Crippen molar-refractivity contribution in [1.29, 1.82) is 0 Å². The van der Waals surface area contributed by atoms with Gasteiger partial charge in [0.1, 0.15) is 0 Å². The van der Waals surface area contributed by atoms with Gasteiger partial charge in [0.05, 0.1) is 6.54 Å². The summed E-state index contributed by atoms with van der Waals surface area (Å²) in [5.74, 6) is 0.0761. The van der Waals surface area contributed by atoms with Gasteiger partial charge in [-0.25, -0.2) is 0 Å². The largest absolute Gasteiger partial charge is 0.325 e. The first-order chi connectivity index (χ1) is 10.1. The number of halogens is 1. The fourth-order valence-corrected chi connectivity index (χ4v) is 3.49. The van der Waals surface area contributed by atoms with Gasteiger partial charge in [0.25, 0.3) is 0 Å². The van der Waals surface area contributed by atoms with E-state index < -0.39 is 0 Å². The van der Waals surface area contributed by atoms with Crippen molar-refractivity contribution in [2.24, 2.45) is 0 Å². The number of amides is 1. The molecule has 1 saturated carbocycles. The molecule has 0 unspecified atom stereocenters. The van der Waals surface area contributed by atoms with Gasteiger partial charge in [0, 0.05) is 16.2 Å². The topological polar surface area (TPSA) is 32.3 Å². The second-order valence-corrected chi connectivity index (χ2v) is 6.98. The van der Waals surface area contributed by atoms with Crippen molar-refractivity contribution >= 4 is 27.5 Å². The number of carbonyl (C=O) groups is 1. The second kappa shape index (κ2) is 7.95. The lowest BCUT2D eigenvalue weighted by molar-refractivity contribution is -0.117. The first kappa shape index (κ1) is 16.5. The van der Waals surface area contributed by atoms with Crippen LogP contribution in [-0.2, 0) is 4.79 Å². The highest BCUT2D eigenvalue weighted by Crippen LogP contribution is 2.22. The average molecular weight is 353 g/mol. The number of nitrogens with zero attached hydrogens (tertiary/aromatic N) is 1. The molecule has 1 fully saturated rings. The Balaban J connectivity index is 1.88. The average Bonchev–Trinajstić information content (AvgIpc) is 2.71. The van der Waals surface area contributed by atoms with E-state index in [2.05, 4.69) is 33.2 Å². The van der Waals surface area contributed by atoms with Crippen molar-refractivity contribution < 1.29 is 4.79 Å². The molecule has 0 aromatic heterocycles. The summed E-state index contributed by atoms with van der Waals surface area (Å²) in [6.07, 6.45) is 7.72. The summed E-state index contributed by atoms with van der Waals surface area (Å²) < 4.78 is 1.04. The molecular formula is C17H25BrN2O. The van der Waals surface area contributed by atoms with Gasteiger partial charge in [-0.05, 0) is 50.6 Å². The number of rotatable bonds is 4. The van der Waals surface area contributed by atoms with Crippen LogP contribution in [0.1, 0.15) is 44.1 Å². The molecule has 21 heavy (non-hydrogen) atoms. The first-order valence-corrected chi connectivity index (χ1v) is 8.62. The molecule has 3 nitrogen and oxygen atoms in total. The van der Waals surface area contributed by atoms with Crippen LogP contribution < -0.4 is 5.32 Å². The zero-order valence-electron chi connectivity index (χ0n) is 13.0. The van der Waals surface area contributed by atoms with Gasteiger partial charge in [0.2, 0.25) is 5.91 Å².